The van der Waals surface area contributed by atoms with Crippen LogP contribution in [0.5, 0.6) is 0 Å². The molecule has 2 nitrogen and oxygen atoms in total. The van der Waals surface area contributed by atoms with Crippen molar-refractivity contribution in [1.29, 1.82) is 0 Å². The molecule has 0 saturated heterocycles. The maximum atomic E-state index is 13.2. The summed E-state index contributed by atoms with van der Waals surface area (Å²) in [6.07, 6.45) is 1.41. The zero-order chi connectivity index (χ0) is 34.0. The summed E-state index contributed by atoms with van der Waals surface area (Å²) in [5.74, 6) is 0.180. The monoisotopic (exact) mass is 594 g/mol. The molecule has 0 N–H and O–H groups in total. The average molecular weight is 595 g/mol. The quantitative estimate of drug-likeness (QED) is 0.199. The van der Waals surface area contributed by atoms with Gasteiger partial charge in [-0.1, -0.05) is 123 Å². The van der Waals surface area contributed by atoms with Gasteiger partial charge in [-0.15, -0.1) is 0 Å². The Morgan fingerprint density at radius 1 is 0.477 bits per heavy atom. The van der Waals surface area contributed by atoms with Crippen molar-refractivity contribution in [2.75, 3.05) is 0 Å². The molecule has 0 atom stereocenters. The first-order chi connectivity index (χ1) is 21.2. The van der Waals surface area contributed by atoms with E-state index in [0.717, 1.165) is 45.4 Å². The van der Waals surface area contributed by atoms with E-state index in [-0.39, 0.29) is 11.6 Å². The summed E-state index contributed by atoms with van der Waals surface area (Å²) in [5.41, 5.74) is 13.0. The van der Waals surface area contributed by atoms with Gasteiger partial charge in [0.2, 0.25) is 0 Å². The van der Waals surface area contributed by atoms with Gasteiger partial charge in [0, 0.05) is 17.5 Å². The molecule has 4 aromatic carbocycles. The highest BCUT2D eigenvalue weighted by Crippen LogP contribution is 2.30. The predicted octanol–water partition coefficient (Wildman–Crippen LogP) is 12.5. The van der Waals surface area contributed by atoms with Crippen molar-refractivity contribution in [2.24, 2.45) is 0 Å². The number of carbonyl (C=O) groups excluding carboxylic acids is 2. The fourth-order valence-corrected chi connectivity index (χ4v) is 5.00. The van der Waals surface area contributed by atoms with Gasteiger partial charge < -0.3 is 0 Å². The van der Waals surface area contributed by atoms with Crippen LogP contribution in [-0.2, 0) is 12.8 Å². The van der Waals surface area contributed by atoms with Gasteiger partial charge in [-0.05, 0) is 109 Å². The van der Waals surface area contributed by atoms with Crippen LogP contribution in [0.3, 0.4) is 0 Å². The molecule has 4 rings (SSSR count). The summed E-state index contributed by atoms with van der Waals surface area (Å²) in [7, 11) is 0. The highest BCUT2D eigenvalue weighted by atomic mass is 16.1. The molecule has 0 aliphatic carbocycles. The lowest BCUT2D eigenvalue weighted by Gasteiger charge is -2.13. The van der Waals surface area contributed by atoms with Gasteiger partial charge in [-0.2, -0.15) is 0 Å². The van der Waals surface area contributed by atoms with Gasteiger partial charge in [-0.25, -0.2) is 0 Å². The van der Waals surface area contributed by atoms with Gasteiger partial charge in [-0.3, -0.25) is 9.59 Å². The lowest BCUT2D eigenvalue weighted by molar-refractivity contribution is 0.0990. The van der Waals surface area contributed by atoms with Crippen LogP contribution >= 0.6 is 0 Å². The number of rotatable bonds is 7. The van der Waals surface area contributed by atoms with Crippen molar-refractivity contribution in [3.8, 4) is 22.3 Å². The first-order valence-electron chi connectivity index (χ1n) is 16.6. The highest BCUT2D eigenvalue weighted by Gasteiger charge is 2.14. The Balaban J connectivity index is 0.00000214. The number of hydrogen-bond donors (Lipinski definition) is 0. The van der Waals surface area contributed by atoms with E-state index in [2.05, 4.69) is 57.2 Å². The molecule has 0 aliphatic heterocycles. The molecule has 2 heteroatoms. The Morgan fingerprint density at radius 2 is 0.818 bits per heavy atom. The van der Waals surface area contributed by atoms with Crippen molar-refractivity contribution in [1.82, 2.24) is 0 Å². The third-order valence-electron chi connectivity index (χ3n) is 7.12. The zero-order valence-electron chi connectivity index (χ0n) is 30.2. The summed E-state index contributed by atoms with van der Waals surface area (Å²) in [6, 6.07) is 24.8. The molecule has 0 saturated carbocycles. The molecule has 44 heavy (non-hydrogen) atoms. The largest absolute Gasteiger partial charge is 0.295 e. The molecule has 0 fully saturated rings. The Morgan fingerprint density at radius 3 is 1.20 bits per heavy atom. The molecule has 0 amide bonds. The highest BCUT2D eigenvalue weighted by molar-refractivity contribution is 5.99. The van der Waals surface area contributed by atoms with E-state index in [1.807, 2.05) is 106 Å². The SMILES string of the molecule is CC.CC.CC.CC.CCc1ccc(-c2ccc(CC(=O)c3ccc(-c4ccc(C(C)=O)cc4C)c(C)c3)cc2C)c(C)c1. The van der Waals surface area contributed by atoms with Crippen LogP contribution in [0.25, 0.3) is 22.3 Å². The normalized spacial score (nSPS) is 9.50. The van der Waals surface area contributed by atoms with Gasteiger partial charge >= 0.3 is 0 Å². The van der Waals surface area contributed by atoms with Crippen LogP contribution in [0.15, 0.2) is 72.8 Å². The van der Waals surface area contributed by atoms with E-state index >= 15 is 0 Å². The molecular formula is C42H58O2. The standard InChI is InChI=1S/C34H34O2.4C2H6/c1-7-26-8-12-30(21(2)16-26)31-13-9-27(17-22(31)3)20-34(36)29-11-15-33(24(5)19-29)32-14-10-28(25(6)35)18-23(32)4;4*1-2/h8-19H,7,20H2,1-6H3;4*1-2H3. The minimum atomic E-state index is 0.0649. The van der Waals surface area contributed by atoms with E-state index in [1.54, 1.807) is 6.92 Å². The van der Waals surface area contributed by atoms with Crippen LogP contribution in [0, 0.1) is 27.7 Å². The van der Waals surface area contributed by atoms with Gasteiger partial charge in [0.05, 0.1) is 0 Å². The van der Waals surface area contributed by atoms with Crippen LogP contribution in [-0.4, -0.2) is 11.6 Å². The maximum absolute atomic E-state index is 13.2. The van der Waals surface area contributed by atoms with Gasteiger partial charge in [0.1, 0.15) is 0 Å². The number of ketones is 2. The van der Waals surface area contributed by atoms with Crippen molar-refractivity contribution >= 4 is 11.6 Å². The lowest BCUT2D eigenvalue weighted by Crippen LogP contribution is -2.05. The number of aryl methyl sites for hydroxylation is 5. The second-order valence-electron chi connectivity index (χ2n) is 9.87. The Hall–Kier alpha value is -3.78. The fraction of sp³-hybridized carbons (Fsp3) is 0.381. The molecule has 238 valence electrons. The summed E-state index contributed by atoms with van der Waals surface area (Å²) in [4.78, 5) is 24.8. The number of carbonyl (C=O) groups is 2. The van der Waals surface area contributed by atoms with Crippen molar-refractivity contribution in [3.05, 3.63) is 117 Å². The van der Waals surface area contributed by atoms with E-state index in [1.165, 1.54) is 27.8 Å². The molecule has 4 aromatic rings. The molecule has 0 spiro atoms. The second kappa shape index (κ2) is 21.0. The zero-order valence-corrected chi connectivity index (χ0v) is 30.2. The number of hydrogen-bond acceptors (Lipinski definition) is 2. The topological polar surface area (TPSA) is 34.1 Å². The van der Waals surface area contributed by atoms with Gasteiger partial charge in [0.25, 0.3) is 0 Å². The van der Waals surface area contributed by atoms with E-state index in [9.17, 15) is 9.59 Å². The maximum Gasteiger partial charge on any atom is 0.167 e. The lowest BCUT2D eigenvalue weighted by atomic mass is 9.91. The summed E-state index contributed by atoms with van der Waals surface area (Å²) in [6.45, 7) is 28.1. The summed E-state index contributed by atoms with van der Waals surface area (Å²) < 4.78 is 0. The van der Waals surface area contributed by atoms with Crippen LogP contribution in [0.4, 0.5) is 0 Å². The van der Waals surface area contributed by atoms with Crippen molar-refractivity contribution in [3.63, 3.8) is 0 Å². The van der Waals surface area contributed by atoms with Crippen LogP contribution in [0.2, 0.25) is 0 Å². The summed E-state index contributed by atoms with van der Waals surface area (Å²) >= 11 is 0. The van der Waals surface area contributed by atoms with E-state index < -0.39 is 0 Å². The minimum Gasteiger partial charge on any atom is -0.295 e. The summed E-state index contributed by atoms with van der Waals surface area (Å²) in [5, 5.41) is 0. The fourth-order valence-electron chi connectivity index (χ4n) is 5.00. The molecule has 0 aromatic heterocycles. The Kier molecular flexibility index (Phi) is 19.2. The molecule has 0 heterocycles. The first kappa shape index (κ1) is 40.2. The van der Waals surface area contributed by atoms with Crippen molar-refractivity contribution < 1.29 is 9.59 Å². The third-order valence-corrected chi connectivity index (χ3v) is 7.12. The minimum absolute atomic E-state index is 0.0649. The van der Waals surface area contributed by atoms with Crippen molar-refractivity contribution in [2.45, 2.75) is 110 Å². The van der Waals surface area contributed by atoms with Gasteiger partial charge in [0.15, 0.2) is 11.6 Å². The number of Topliss-reactive ketones (excluding diaryl/α,β-unsaturated/α-hetero) is 2. The molecule has 0 bridgehead atoms. The Bertz CT molecular complexity index is 1470. The van der Waals surface area contributed by atoms with E-state index in [4.69, 9.17) is 0 Å². The van der Waals surface area contributed by atoms with E-state index in [0.29, 0.717) is 6.42 Å². The first-order valence-corrected chi connectivity index (χ1v) is 16.6. The molecule has 0 unspecified atom stereocenters. The third kappa shape index (κ3) is 10.7. The Labute approximate surface area is 270 Å². The smallest absolute Gasteiger partial charge is 0.167 e. The predicted molar refractivity (Wildman–Crippen MR) is 196 cm³/mol. The van der Waals surface area contributed by atoms with Crippen LogP contribution in [0.1, 0.15) is 123 Å². The average Bonchev–Trinajstić information content (AvgIpc) is 3.05. The second-order valence-corrected chi connectivity index (χ2v) is 9.87. The molecule has 0 aliphatic rings. The molecular weight excluding hydrogens is 536 g/mol. The molecule has 0 radical (unpaired) electrons. The number of benzene rings is 4. The van der Waals surface area contributed by atoms with Crippen LogP contribution < -0.4 is 0 Å².